The first kappa shape index (κ1) is 50.8. The SMILES string of the molecule is CCCCCC1(c2ccc(O)cc2)C(=O)Nc2c1ccc(F)c2C.Cc1c(F)ccc2c1NC(=O)C2(c1ccc(O)cc1)C1CCCC1.Cc1c(F)ccc2c1NC(=O)C2(c1ccc(O)cc1)C1CCCCC1. The highest BCUT2D eigenvalue weighted by atomic mass is 19.1. The molecule has 12 heteroatoms. The summed E-state index contributed by atoms with van der Waals surface area (Å²) in [5.41, 5.74) is 5.97. The maximum absolute atomic E-state index is 14.1. The zero-order valence-electron chi connectivity index (χ0n) is 41.9. The molecule has 380 valence electrons. The summed E-state index contributed by atoms with van der Waals surface area (Å²) in [5, 5.41) is 37.7. The van der Waals surface area contributed by atoms with E-state index in [1.54, 1.807) is 87.5 Å². The van der Waals surface area contributed by atoms with Crippen molar-refractivity contribution in [2.24, 2.45) is 11.8 Å². The molecule has 0 saturated heterocycles. The molecule has 3 atom stereocenters. The number of unbranched alkanes of at least 4 members (excludes halogenated alkanes) is 2. The first-order valence-corrected chi connectivity index (χ1v) is 25.8. The van der Waals surface area contributed by atoms with Crippen LogP contribution in [0.25, 0.3) is 0 Å². The van der Waals surface area contributed by atoms with E-state index in [1.165, 1.54) is 24.6 Å². The summed E-state index contributed by atoms with van der Waals surface area (Å²) >= 11 is 0. The van der Waals surface area contributed by atoms with Crippen LogP contribution in [0.5, 0.6) is 17.2 Å². The molecule has 6 N–H and O–H groups in total. The first-order chi connectivity index (χ1) is 35.1. The number of rotatable bonds is 9. The zero-order chi connectivity index (χ0) is 51.8. The summed E-state index contributed by atoms with van der Waals surface area (Å²) < 4.78 is 42.0. The van der Waals surface area contributed by atoms with Crippen LogP contribution >= 0.6 is 0 Å². The van der Waals surface area contributed by atoms with E-state index in [0.717, 1.165) is 104 Å². The quantitative estimate of drug-likeness (QED) is 0.0795. The van der Waals surface area contributed by atoms with Crippen LogP contribution in [0.15, 0.2) is 109 Å². The van der Waals surface area contributed by atoms with E-state index in [9.17, 15) is 42.9 Å². The Morgan fingerprint density at radius 2 is 0.795 bits per heavy atom. The molecule has 6 aromatic carbocycles. The minimum Gasteiger partial charge on any atom is -0.508 e. The van der Waals surface area contributed by atoms with Crippen LogP contribution in [0.4, 0.5) is 30.2 Å². The molecule has 0 bridgehead atoms. The smallest absolute Gasteiger partial charge is 0.239 e. The summed E-state index contributed by atoms with van der Waals surface area (Å²) in [6, 6.07) is 30.1. The van der Waals surface area contributed by atoms with E-state index < -0.39 is 16.2 Å². The van der Waals surface area contributed by atoms with Gasteiger partial charge in [-0.25, -0.2) is 13.2 Å². The summed E-state index contributed by atoms with van der Waals surface area (Å²) in [5.74, 6) is -0.312. The monoisotopic (exact) mass is 991 g/mol. The van der Waals surface area contributed by atoms with Crippen LogP contribution in [-0.2, 0) is 30.6 Å². The Kier molecular flexibility index (Phi) is 14.2. The number of nitrogens with one attached hydrogen (secondary N) is 3. The highest BCUT2D eigenvalue weighted by molar-refractivity contribution is 6.11. The number of phenolic OH excluding ortho intramolecular Hbond substituents is 3. The van der Waals surface area contributed by atoms with Gasteiger partial charge in [0.15, 0.2) is 0 Å². The molecule has 2 aliphatic carbocycles. The molecule has 3 amide bonds. The fraction of sp³-hybridized carbons (Fsp3) is 0.361. The third-order valence-electron chi connectivity index (χ3n) is 16.7. The van der Waals surface area contributed by atoms with Gasteiger partial charge in [-0.15, -0.1) is 0 Å². The molecule has 2 saturated carbocycles. The largest absolute Gasteiger partial charge is 0.508 e. The lowest BCUT2D eigenvalue weighted by atomic mass is 9.62. The second-order valence-corrected chi connectivity index (χ2v) is 20.6. The molecule has 11 rings (SSSR count). The number of halogens is 3. The Morgan fingerprint density at radius 1 is 0.452 bits per heavy atom. The molecule has 9 nitrogen and oxygen atoms in total. The number of fused-ring (bicyclic) bond motifs is 3. The molecule has 0 radical (unpaired) electrons. The Balaban J connectivity index is 0.000000135. The molecule has 3 unspecified atom stereocenters. The summed E-state index contributed by atoms with van der Waals surface area (Å²) in [4.78, 5) is 39.5. The molecular weight excluding hydrogens is 928 g/mol. The highest BCUT2D eigenvalue weighted by Gasteiger charge is 2.56. The summed E-state index contributed by atoms with van der Waals surface area (Å²) in [6.07, 6.45) is 13.2. The average molecular weight is 992 g/mol. The number of hydrogen-bond acceptors (Lipinski definition) is 6. The standard InChI is InChI=1S/C21H22FNO2.C20H20FNO2.C20H22FNO2/c1-13-18(22)12-11-17-19(13)23-20(25)21(17,14-5-3-2-4-6-14)15-7-9-16(24)10-8-15;1-12-17(21)11-10-16-18(12)22-19(24)20(16,13-4-2-3-5-13)14-6-8-15(23)9-7-14;1-3-4-5-12-20(14-6-8-15(23)9-7-14)16-10-11-17(21)13(2)18(16)22-19(20)24/h7-12,14,24H,2-6H2,1H3,(H,23,25);6-11,13,23H,2-5H2,1H3,(H,22,24);6-11,23H,3-5,12H2,1-2H3,(H,22,24). The fourth-order valence-corrected chi connectivity index (χ4v) is 12.8. The predicted molar refractivity (Wildman–Crippen MR) is 279 cm³/mol. The van der Waals surface area contributed by atoms with Crippen molar-refractivity contribution in [3.8, 4) is 17.2 Å². The summed E-state index contributed by atoms with van der Waals surface area (Å²) in [6.45, 7) is 7.22. The minimum absolute atomic E-state index is 0.0752. The summed E-state index contributed by atoms with van der Waals surface area (Å²) in [7, 11) is 0. The van der Waals surface area contributed by atoms with Crippen molar-refractivity contribution in [3.63, 3.8) is 0 Å². The molecule has 5 aliphatic rings. The maximum Gasteiger partial charge on any atom is 0.239 e. The number of carbonyl (C=O) groups excluding carboxylic acids is 3. The van der Waals surface area contributed by atoms with Crippen molar-refractivity contribution in [3.05, 3.63) is 177 Å². The van der Waals surface area contributed by atoms with Crippen molar-refractivity contribution >= 4 is 34.8 Å². The van der Waals surface area contributed by atoms with Crippen LogP contribution in [0.1, 0.15) is 140 Å². The van der Waals surface area contributed by atoms with Gasteiger partial charge in [-0.3, -0.25) is 14.4 Å². The van der Waals surface area contributed by atoms with Gasteiger partial charge >= 0.3 is 0 Å². The van der Waals surface area contributed by atoms with Gasteiger partial charge in [0, 0.05) is 16.7 Å². The van der Waals surface area contributed by atoms with Crippen LogP contribution in [0.2, 0.25) is 0 Å². The lowest BCUT2D eigenvalue weighted by Gasteiger charge is -2.39. The van der Waals surface area contributed by atoms with Crippen LogP contribution in [0.3, 0.4) is 0 Å². The van der Waals surface area contributed by atoms with E-state index in [4.69, 9.17) is 0 Å². The topological polar surface area (TPSA) is 148 Å². The Labute approximate surface area is 425 Å². The second-order valence-electron chi connectivity index (χ2n) is 20.6. The van der Waals surface area contributed by atoms with Crippen LogP contribution < -0.4 is 16.0 Å². The highest BCUT2D eigenvalue weighted by Crippen LogP contribution is 2.55. The van der Waals surface area contributed by atoms with Gasteiger partial charge in [0.1, 0.15) is 50.9 Å². The Hall–Kier alpha value is -7.08. The van der Waals surface area contributed by atoms with Gasteiger partial charge in [-0.1, -0.05) is 113 Å². The van der Waals surface area contributed by atoms with Crippen molar-refractivity contribution in [2.45, 2.75) is 127 Å². The van der Waals surface area contributed by atoms with Crippen molar-refractivity contribution in [2.75, 3.05) is 16.0 Å². The third-order valence-corrected chi connectivity index (χ3v) is 16.7. The maximum atomic E-state index is 14.1. The van der Waals surface area contributed by atoms with E-state index in [-0.39, 0.29) is 64.3 Å². The van der Waals surface area contributed by atoms with Gasteiger partial charge in [-0.2, -0.15) is 0 Å². The molecule has 3 aliphatic heterocycles. The number of carbonyl (C=O) groups is 3. The Bertz CT molecular complexity index is 3060. The number of anilines is 3. The Morgan fingerprint density at radius 3 is 1.19 bits per heavy atom. The molecule has 73 heavy (non-hydrogen) atoms. The minimum atomic E-state index is -0.823. The van der Waals surface area contributed by atoms with Gasteiger partial charge in [0.2, 0.25) is 17.7 Å². The second kappa shape index (κ2) is 20.4. The fourth-order valence-electron chi connectivity index (χ4n) is 12.8. The number of phenols is 3. The molecular formula is C61H64F3N3O6. The van der Waals surface area contributed by atoms with Crippen molar-refractivity contribution in [1.29, 1.82) is 0 Å². The van der Waals surface area contributed by atoms with Gasteiger partial charge in [0.05, 0.1) is 17.1 Å². The van der Waals surface area contributed by atoms with Gasteiger partial charge in [-0.05, 0) is 153 Å². The normalized spacial score (nSPS) is 22.0. The van der Waals surface area contributed by atoms with Crippen LogP contribution in [-0.4, -0.2) is 33.0 Å². The predicted octanol–water partition coefficient (Wildman–Crippen LogP) is 13.6. The van der Waals surface area contributed by atoms with Crippen LogP contribution in [0, 0.1) is 50.1 Å². The molecule has 6 aromatic rings. The van der Waals surface area contributed by atoms with Gasteiger partial charge in [0.25, 0.3) is 0 Å². The lowest BCUT2D eigenvalue weighted by molar-refractivity contribution is -0.122. The van der Waals surface area contributed by atoms with E-state index in [0.29, 0.717) is 40.2 Å². The number of aromatic hydroxyl groups is 3. The van der Waals surface area contributed by atoms with E-state index in [1.807, 2.05) is 24.3 Å². The number of amides is 3. The lowest BCUT2D eigenvalue weighted by Crippen LogP contribution is -2.43. The zero-order valence-corrected chi connectivity index (χ0v) is 41.9. The number of benzene rings is 6. The number of hydrogen-bond donors (Lipinski definition) is 6. The third kappa shape index (κ3) is 8.60. The van der Waals surface area contributed by atoms with Gasteiger partial charge < -0.3 is 31.3 Å². The van der Waals surface area contributed by atoms with Crippen molar-refractivity contribution in [1.82, 2.24) is 0 Å². The average Bonchev–Trinajstić information content (AvgIpc) is 4.17. The van der Waals surface area contributed by atoms with E-state index in [2.05, 4.69) is 22.9 Å². The van der Waals surface area contributed by atoms with Crippen molar-refractivity contribution < 1.29 is 42.9 Å². The van der Waals surface area contributed by atoms with E-state index >= 15 is 0 Å². The molecule has 0 aromatic heterocycles. The molecule has 3 heterocycles. The molecule has 2 fully saturated rings. The molecule has 0 spiro atoms. The first-order valence-electron chi connectivity index (χ1n) is 25.8.